The first-order valence-electron chi connectivity index (χ1n) is 0.651. The van der Waals surface area contributed by atoms with Gasteiger partial charge in [0.1, 0.15) is 9.12 Å². The van der Waals surface area contributed by atoms with E-state index in [2.05, 4.69) is 0 Å². The lowest BCUT2D eigenvalue weighted by atomic mass is 11.6. The zero-order valence-corrected chi connectivity index (χ0v) is 3.30. The predicted molar refractivity (Wildman–Crippen MR) is 16.6 cm³/mol. The maximum atomic E-state index is 8.06. The second-order valence-corrected chi connectivity index (χ2v) is 0.100. The van der Waals surface area contributed by atoms with Crippen LogP contribution in [-0.2, 0) is 4.57 Å². The van der Waals surface area contributed by atoms with Crippen LogP contribution in [0.25, 0.3) is 0 Å². The fourth-order valence-electron chi connectivity index (χ4n) is 0. The lowest BCUT2D eigenvalue weighted by molar-refractivity contribution is 0.503. The number of hydrogen-bond acceptors (Lipinski definition) is 3. The molecule has 0 aromatic heterocycles. The molecule has 0 bridgehead atoms. The summed E-state index contributed by atoms with van der Waals surface area (Å²) in [6, 6.07) is 0. The topological polar surface area (TPSA) is 61.1 Å². The second-order valence-electron chi connectivity index (χ2n) is 0.100. The van der Waals surface area contributed by atoms with Crippen molar-refractivity contribution < 1.29 is 9.67 Å². The van der Waals surface area contributed by atoms with Crippen molar-refractivity contribution in [2.24, 2.45) is 0 Å². The van der Waals surface area contributed by atoms with E-state index in [4.69, 9.17) is 14.9 Å². The fraction of sp³-hybridized carbons (Fsp3) is 0. The summed E-state index contributed by atoms with van der Waals surface area (Å²) < 4.78 is 8.06. The van der Waals surface area contributed by atoms with Crippen molar-refractivity contribution in [2.45, 2.75) is 0 Å². The Morgan fingerprint density at radius 3 is 1.80 bits per heavy atom. The van der Waals surface area contributed by atoms with E-state index in [9.17, 15) is 0 Å². The van der Waals surface area contributed by atoms with Crippen molar-refractivity contribution in [2.75, 3.05) is 0 Å². The van der Waals surface area contributed by atoms with Gasteiger partial charge in [-0.05, 0) is 0 Å². The van der Waals surface area contributed by atoms with Crippen LogP contribution in [0, 0.1) is 11.5 Å². The molecule has 0 aliphatic heterocycles. The minimum atomic E-state index is 0.750. The van der Waals surface area contributed by atoms with Crippen LogP contribution in [0.5, 0.6) is 0 Å². The molecule has 0 radical (unpaired) electrons. The van der Waals surface area contributed by atoms with E-state index in [0.29, 0.717) is 0 Å². The molecule has 0 atom stereocenters. The Kier molecular flexibility index (Phi) is 225. The molecule has 0 aromatic rings. The molecule has 28 valence electrons. The summed E-state index contributed by atoms with van der Waals surface area (Å²) in [5, 5.41) is 13.8. The summed E-state index contributed by atoms with van der Waals surface area (Å²) in [5.41, 5.74) is 0. The monoisotopic (exact) mass is 91.0 g/mol. The summed E-state index contributed by atoms with van der Waals surface area (Å²) in [6.07, 6.45) is 0.750. The smallest absolute Gasteiger partial charge is 0.283 e. The fourth-order valence-corrected chi connectivity index (χ4v) is 0. The van der Waals surface area contributed by atoms with Gasteiger partial charge < -0.3 is 5.11 Å². The van der Waals surface area contributed by atoms with Crippen LogP contribution in [0.2, 0.25) is 0 Å². The lowest BCUT2D eigenvalue weighted by Gasteiger charge is -1.25. The molecule has 0 rings (SSSR count). The first-order valence-corrected chi connectivity index (χ1v) is 1.06. The zero-order chi connectivity index (χ0) is 4.71. The van der Waals surface area contributed by atoms with Crippen molar-refractivity contribution in [1.82, 2.24) is 0 Å². The van der Waals surface area contributed by atoms with Gasteiger partial charge in [-0.25, -0.2) is 0 Å². The summed E-state index contributed by atoms with van der Waals surface area (Å²) in [7, 11) is 1.72. The minimum Gasteiger partial charge on any atom is -0.443 e. The van der Waals surface area contributed by atoms with Crippen LogP contribution in [0.3, 0.4) is 0 Å². The largest absolute Gasteiger partial charge is 0.443 e. The molecular weight excluding hydrogens is 89.0 g/mol. The van der Waals surface area contributed by atoms with E-state index >= 15 is 0 Å². The molecular formula is CH2NO2P. The number of aliphatic hydroxyl groups excluding tert-OH is 1. The number of nitrogens with zero attached hydrogens (tertiary/aromatic N) is 1. The summed E-state index contributed by atoms with van der Waals surface area (Å²) >= 11 is 0. The molecule has 0 amide bonds. The lowest BCUT2D eigenvalue weighted by Crippen LogP contribution is -1.27. The molecule has 0 spiro atoms. The van der Waals surface area contributed by atoms with Crippen molar-refractivity contribution in [3.63, 3.8) is 0 Å². The van der Waals surface area contributed by atoms with E-state index in [0.717, 1.165) is 6.26 Å². The molecule has 0 aliphatic carbocycles. The van der Waals surface area contributed by atoms with Gasteiger partial charge in [-0.15, -0.1) is 0 Å². The first kappa shape index (κ1) is 8.83. The highest BCUT2D eigenvalue weighted by atomic mass is 31.0. The van der Waals surface area contributed by atoms with Gasteiger partial charge >= 0.3 is 0 Å². The maximum Gasteiger partial charge on any atom is 0.283 e. The van der Waals surface area contributed by atoms with Gasteiger partial charge in [-0.1, -0.05) is 0 Å². The van der Waals surface area contributed by atoms with E-state index in [1.54, 1.807) is 9.12 Å². The van der Waals surface area contributed by atoms with E-state index in [-0.39, 0.29) is 0 Å². The van der Waals surface area contributed by atoms with Crippen LogP contribution in [-0.4, -0.2) is 5.11 Å². The number of aliphatic hydroxyl groups is 1. The molecule has 0 unspecified atom stereocenters. The second kappa shape index (κ2) is 127. The molecule has 1 N–H and O–H groups in total. The molecule has 0 aliphatic rings. The first-order chi connectivity index (χ1) is 2.41. The molecule has 0 fully saturated rings. The summed E-state index contributed by atoms with van der Waals surface area (Å²) in [5.74, 6) is 0. The van der Waals surface area contributed by atoms with Gasteiger partial charge in [0, 0.05) is 0 Å². The minimum absolute atomic E-state index is 0.750. The van der Waals surface area contributed by atoms with Gasteiger partial charge in [-0.3, -0.25) is 4.57 Å². The van der Waals surface area contributed by atoms with Crippen molar-refractivity contribution >= 4 is 9.12 Å². The van der Waals surface area contributed by atoms with Crippen LogP contribution in [0.15, 0.2) is 0 Å². The Morgan fingerprint density at radius 2 is 1.80 bits per heavy atom. The molecule has 0 saturated carbocycles. The SMILES string of the molecule is N#CO.O=P. The van der Waals surface area contributed by atoms with Crippen LogP contribution >= 0.6 is 9.12 Å². The third-order valence-corrected chi connectivity index (χ3v) is 0. The Labute approximate surface area is 31.5 Å². The average molecular weight is 91.0 g/mol. The Bertz CT molecular complexity index is 39.4. The van der Waals surface area contributed by atoms with Gasteiger partial charge in [-0.2, -0.15) is 5.26 Å². The van der Waals surface area contributed by atoms with Gasteiger partial charge in [0.05, 0.1) is 0 Å². The number of rotatable bonds is 0. The van der Waals surface area contributed by atoms with E-state index < -0.39 is 0 Å². The normalized spacial score (nSPS) is 2.20. The van der Waals surface area contributed by atoms with Crippen molar-refractivity contribution in [3.8, 4) is 6.26 Å². The molecule has 5 heavy (non-hydrogen) atoms. The Morgan fingerprint density at radius 1 is 1.80 bits per heavy atom. The predicted octanol–water partition coefficient (Wildman–Crippen LogP) is 0.315. The zero-order valence-electron chi connectivity index (χ0n) is 2.30. The maximum absolute atomic E-state index is 8.06. The highest BCUT2D eigenvalue weighted by molar-refractivity contribution is 7.00. The Hall–Kier alpha value is -0.610. The number of hydrogen-bond donors (Lipinski definition) is 1. The van der Waals surface area contributed by atoms with Crippen molar-refractivity contribution in [1.29, 1.82) is 5.26 Å². The molecule has 0 saturated heterocycles. The molecule has 0 aromatic carbocycles. The van der Waals surface area contributed by atoms with Gasteiger partial charge in [0.2, 0.25) is 0 Å². The molecule has 3 nitrogen and oxygen atoms in total. The standard InChI is InChI=1S/CHNO.HOP/c2-1-3;1-2/h3H;2H. The van der Waals surface area contributed by atoms with Crippen LogP contribution in [0.4, 0.5) is 0 Å². The van der Waals surface area contributed by atoms with E-state index in [1.807, 2.05) is 0 Å². The third-order valence-electron chi connectivity index (χ3n) is 0. The molecule has 4 heteroatoms. The van der Waals surface area contributed by atoms with Crippen LogP contribution < -0.4 is 0 Å². The average Bonchev–Trinajstić information content (AvgIpc) is 1.46. The summed E-state index contributed by atoms with van der Waals surface area (Å²) in [4.78, 5) is 0. The van der Waals surface area contributed by atoms with E-state index in [1.165, 1.54) is 0 Å². The quantitative estimate of drug-likeness (QED) is 0.344. The highest BCUT2D eigenvalue weighted by Crippen LogP contribution is 1.23. The van der Waals surface area contributed by atoms with Crippen LogP contribution in [0.1, 0.15) is 0 Å². The van der Waals surface area contributed by atoms with Gasteiger partial charge in [0.15, 0.2) is 0 Å². The summed E-state index contributed by atoms with van der Waals surface area (Å²) in [6.45, 7) is 0. The molecule has 0 heterocycles. The van der Waals surface area contributed by atoms with Crippen molar-refractivity contribution in [3.05, 3.63) is 0 Å². The number of nitriles is 1. The highest BCUT2D eigenvalue weighted by Gasteiger charge is 1.16. The Balaban J connectivity index is 0. The van der Waals surface area contributed by atoms with Gasteiger partial charge in [0.25, 0.3) is 6.26 Å². The third kappa shape index (κ3) is 17.6.